The lowest BCUT2D eigenvalue weighted by atomic mass is 10.2. The number of halogens is 2. The molecule has 0 unspecified atom stereocenters. The third kappa shape index (κ3) is 6.96. The van der Waals surface area contributed by atoms with Gasteiger partial charge in [-0.1, -0.05) is 44.0 Å². The van der Waals surface area contributed by atoms with E-state index in [1.807, 2.05) is 41.8 Å². The van der Waals surface area contributed by atoms with Crippen LogP contribution in [0.5, 0.6) is 0 Å². The first-order valence-corrected chi connectivity index (χ1v) is 10.9. The van der Waals surface area contributed by atoms with Crippen molar-refractivity contribution >= 4 is 40.8 Å². The van der Waals surface area contributed by atoms with E-state index in [0.717, 1.165) is 12.1 Å². The highest BCUT2D eigenvalue weighted by atomic mass is 35.5. The summed E-state index contributed by atoms with van der Waals surface area (Å²) < 4.78 is 2.00. The molecule has 0 fully saturated rings. The van der Waals surface area contributed by atoms with Gasteiger partial charge >= 0.3 is 6.03 Å². The number of carbonyl (C=O) groups excluding carboxylic acids is 2. The van der Waals surface area contributed by atoms with Crippen molar-refractivity contribution < 1.29 is 9.59 Å². The number of carbonyl (C=O) groups is 2. The van der Waals surface area contributed by atoms with Crippen LogP contribution in [0.2, 0.25) is 10.0 Å². The number of nitrogens with one attached hydrogen (secondary N) is 1. The molecule has 0 aliphatic carbocycles. The third-order valence-corrected chi connectivity index (χ3v) is 5.36. The predicted molar refractivity (Wildman–Crippen MR) is 123 cm³/mol. The van der Waals surface area contributed by atoms with Gasteiger partial charge in [-0.05, 0) is 42.7 Å². The van der Waals surface area contributed by atoms with Gasteiger partial charge in [-0.15, -0.1) is 0 Å². The van der Waals surface area contributed by atoms with Crippen LogP contribution in [-0.2, 0) is 18.4 Å². The van der Waals surface area contributed by atoms with Crippen LogP contribution in [0.25, 0.3) is 0 Å². The van der Waals surface area contributed by atoms with Crippen LogP contribution in [0.3, 0.4) is 0 Å². The van der Waals surface area contributed by atoms with E-state index in [1.54, 1.807) is 18.2 Å². The number of nitrogens with zero attached hydrogens (tertiary/aromatic N) is 3. The van der Waals surface area contributed by atoms with Crippen molar-refractivity contribution in [3.63, 3.8) is 0 Å². The summed E-state index contributed by atoms with van der Waals surface area (Å²) in [5.74, 6) is 0.238. The zero-order valence-electron chi connectivity index (χ0n) is 18.0. The minimum absolute atomic E-state index is 0.0120. The second-order valence-corrected chi connectivity index (χ2v) is 8.57. The van der Waals surface area contributed by atoms with Crippen molar-refractivity contribution in [3.05, 3.63) is 52.3 Å². The van der Waals surface area contributed by atoms with Crippen LogP contribution in [0.1, 0.15) is 32.9 Å². The first-order valence-electron chi connectivity index (χ1n) is 10.1. The Morgan fingerprint density at radius 1 is 1.13 bits per heavy atom. The van der Waals surface area contributed by atoms with Crippen LogP contribution >= 0.6 is 23.2 Å². The van der Waals surface area contributed by atoms with E-state index in [9.17, 15) is 9.59 Å². The van der Waals surface area contributed by atoms with Gasteiger partial charge in [0.1, 0.15) is 6.54 Å². The van der Waals surface area contributed by atoms with Crippen molar-refractivity contribution in [1.29, 1.82) is 0 Å². The van der Waals surface area contributed by atoms with Crippen molar-refractivity contribution in [3.8, 4) is 0 Å². The van der Waals surface area contributed by atoms with Crippen LogP contribution in [0.15, 0.2) is 36.5 Å². The topological polar surface area (TPSA) is 57.6 Å². The molecule has 0 saturated carbocycles. The van der Waals surface area contributed by atoms with E-state index in [-0.39, 0.29) is 18.5 Å². The number of aryl methyl sites for hydroxylation is 1. The van der Waals surface area contributed by atoms with Gasteiger partial charge in [0.25, 0.3) is 0 Å². The molecule has 3 amide bonds. The minimum atomic E-state index is -0.341. The average molecular weight is 453 g/mol. The second kappa shape index (κ2) is 11.3. The normalized spacial score (nSPS) is 10.9. The molecule has 2 rings (SSSR count). The molecule has 2 aromatic rings. The van der Waals surface area contributed by atoms with Crippen LogP contribution in [0, 0.1) is 5.92 Å². The minimum Gasteiger partial charge on any atom is -0.353 e. The number of benzene rings is 1. The fourth-order valence-corrected chi connectivity index (χ4v) is 3.41. The lowest BCUT2D eigenvalue weighted by Crippen LogP contribution is -2.45. The Balaban J connectivity index is 2.10. The Morgan fingerprint density at radius 2 is 1.87 bits per heavy atom. The molecule has 1 heterocycles. The van der Waals surface area contributed by atoms with Crippen molar-refractivity contribution in [2.75, 3.05) is 25.0 Å². The van der Waals surface area contributed by atoms with E-state index in [2.05, 4.69) is 19.2 Å². The molecule has 0 radical (unpaired) electrons. The molecule has 0 atom stereocenters. The summed E-state index contributed by atoms with van der Waals surface area (Å²) in [5, 5.41) is 3.58. The van der Waals surface area contributed by atoms with Gasteiger partial charge in [0, 0.05) is 37.7 Å². The highest BCUT2D eigenvalue weighted by molar-refractivity contribution is 6.42. The monoisotopic (exact) mass is 452 g/mol. The molecule has 1 aromatic carbocycles. The average Bonchev–Trinajstić information content (AvgIpc) is 3.08. The molecule has 1 aromatic heterocycles. The Kier molecular flexibility index (Phi) is 9.06. The molecular formula is C22H30Cl2N4O2. The number of aromatic nitrogens is 1. The van der Waals surface area contributed by atoms with Crippen molar-refractivity contribution in [2.45, 2.75) is 33.7 Å². The zero-order valence-corrected chi connectivity index (χ0v) is 19.5. The lowest BCUT2D eigenvalue weighted by molar-refractivity contribution is -0.133. The fraction of sp³-hybridized carbons (Fsp3) is 0.455. The molecule has 30 heavy (non-hydrogen) atoms. The molecule has 0 aliphatic rings. The molecule has 0 aliphatic heterocycles. The second-order valence-electron chi connectivity index (χ2n) is 7.76. The van der Waals surface area contributed by atoms with Gasteiger partial charge in [0.2, 0.25) is 5.91 Å². The summed E-state index contributed by atoms with van der Waals surface area (Å²) in [7, 11) is 1.96. The quantitative estimate of drug-likeness (QED) is 0.563. The van der Waals surface area contributed by atoms with E-state index in [0.29, 0.717) is 41.3 Å². The summed E-state index contributed by atoms with van der Waals surface area (Å²) in [6, 6.07) is 8.51. The molecule has 6 nitrogen and oxygen atoms in total. The van der Waals surface area contributed by atoms with E-state index >= 15 is 0 Å². The summed E-state index contributed by atoms with van der Waals surface area (Å²) in [6.07, 6.45) is 2.70. The maximum absolute atomic E-state index is 13.1. The van der Waals surface area contributed by atoms with Gasteiger partial charge in [0.15, 0.2) is 0 Å². The molecule has 0 saturated heterocycles. The van der Waals surface area contributed by atoms with Crippen LogP contribution in [-0.4, -0.2) is 45.9 Å². The Bertz CT molecular complexity index is 867. The smallest absolute Gasteiger partial charge is 0.322 e. The summed E-state index contributed by atoms with van der Waals surface area (Å²) in [5.41, 5.74) is 1.58. The van der Waals surface area contributed by atoms with E-state index in [4.69, 9.17) is 23.2 Å². The molecule has 0 spiro atoms. The van der Waals surface area contributed by atoms with Gasteiger partial charge in [0.05, 0.1) is 16.6 Å². The first kappa shape index (κ1) is 24.1. The van der Waals surface area contributed by atoms with Crippen molar-refractivity contribution in [2.24, 2.45) is 13.0 Å². The van der Waals surface area contributed by atoms with E-state index in [1.165, 1.54) is 4.90 Å². The Morgan fingerprint density at radius 3 is 2.43 bits per heavy atom. The van der Waals surface area contributed by atoms with Gasteiger partial charge in [-0.3, -0.25) is 4.79 Å². The van der Waals surface area contributed by atoms with E-state index < -0.39 is 0 Å². The van der Waals surface area contributed by atoms with Crippen molar-refractivity contribution in [1.82, 2.24) is 14.4 Å². The lowest BCUT2D eigenvalue weighted by Gasteiger charge is -2.29. The summed E-state index contributed by atoms with van der Waals surface area (Å²) >= 11 is 12.0. The first-order chi connectivity index (χ1) is 14.2. The zero-order chi connectivity index (χ0) is 22.3. The number of rotatable bonds is 9. The maximum Gasteiger partial charge on any atom is 0.322 e. The maximum atomic E-state index is 13.1. The van der Waals surface area contributed by atoms with Gasteiger partial charge in [-0.25, -0.2) is 4.79 Å². The molecule has 164 valence electrons. The Labute approximate surface area is 188 Å². The number of hydrogen-bond acceptors (Lipinski definition) is 2. The highest BCUT2D eigenvalue weighted by Crippen LogP contribution is 2.25. The fourth-order valence-electron chi connectivity index (χ4n) is 3.11. The van der Waals surface area contributed by atoms with Gasteiger partial charge in [-0.2, -0.15) is 0 Å². The molecule has 8 heteroatoms. The number of amides is 3. The Hall–Kier alpha value is -2.18. The predicted octanol–water partition coefficient (Wildman–Crippen LogP) is 5.26. The van der Waals surface area contributed by atoms with Gasteiger partial charge < -0.3 is 19.7 Å². The number of anilines is 1. The number of urea groups is 1. The molecule has 0 bridgehead atoms. The molecule has 1 N–H and O–H groups in total. The SMILES string of the molecule is CCCN(CC(=O)N(Cc1cccn1C)CC(C)C)C(=O)Nc1ccc(Cl)c(Cl)c1. The largest absolute Gasteiger partial charge is 0.353 e. The summed E-state index contributed by atoms with van der Waals surface area (Å²) in [4.78, 5) is 29.3. The third-order valence-electron chi connectivity index (χ3n) is 4.62. The number of hydrogen-bond donors (Lipinski definition) is 1. The standard InChI is InChI=1S/C22H30Cl2N4O2/c1-5-10-27(22(30)25-17-8-9-19(23)20(24)12-17)15-21(29)28(13-16(2)3)14-18-7-6-11-26(18)4/h6-9,11-12,16H,5,10,13-15H2,1-4H3,(H,25,30). The van der Waals surface area contributed by atoms with Crippen LogP contribution < -0.4 is 5.32 Å². The highest BCUT2D eigenvalue weighted by Gasteiger charge is 2.22. The molecular weight excluding hydrogens is 423 g/mol. The van der Waals surface area contributed by atoms with Crippen LogP contribution in [0.4, 0.5) is 10.5 Å². The summed E-state index contributed by atoms with van der Waals surface area (Å²) in [6.45, 7) is 7.74.